The fourth-order valence-corrected chi connectivity index (χ4v) is 5.27. The van der Waals surface area contributed by atoms with Crippen molar-refractivity contribution in [2.75, 3.05) is 10.7 Å². The number of fused-ring (bicyclic) bond motifs is 1. The van der Waals surface area contributed by atoms with Crippen LogP contribution in [0.2, 0.25) is 0 Å². The molecule has 2 amide bonds. The number of halogens is 1. The number of hydrogen-bond acceptors (Lipinski definition) is 6. The number of para-hydroxylation sites is 1. The van der Waals surface area contributed by atoms with Crippen LogP contribution in [0, 0.1) is 0 Å². The van der Waals surface area contributed by atoms with E-state index in [0.29, 0.717) is 10.9 Å². The quantitative estimate of drug-likeness (QED) is 0.388. The highest BCUT2D eigenvalue weighted by Crippen LogP contribution is 2.27. The van der Waals surface area contributed by atoms with Crippen LogP contribution in [0.25, 0.3) is 16.2 Å². The van der Waals surface area contributed by atoms with Crippen LogP contribution < -0.4 is 10.3 Å². The Bertz CT molecular complexity index is 1330. The summed E-state index contributed by atoms with van der Waals surface area (Å²) in [6.45, 7) is 0. The van der Waals surface area contributed by atoms with Crippen molar-refractivity contribution in [2.45, 2.75) is 6.42 Å². The third-order valence-corrected chi connectivity index (χ3v) is 7.16. The first-order valence-electron chi connectivity index (χ1n) is 9.67. The van der Waals surface area contributed by atoms with Gasteiger partial charge in [-0.25, -0.2) is 10.4 Å². The average Bonchev–Trinajstić information content (AvgIpc) is 3.49. The summed E-state index contributed by atoms with van der Waals surface area (Å²) in [6, 6.07) is 17.2. The number of anilines is 1. The highest BCUT2D eigenvalue weighted by atomic mass is 79.9. The zero-order valence-electron chi connectivity index (χ0n) is 16.6. The Balaban J connectivity index is 1.31. The third-order valence-electron chi connectivity index (χ3n) is 4.82. The van der Waals surface area contributed by atoms with Crippen LogP contribution in [0.1, 0.15) is 5.69 Å². The number of carbonyl (C=O) groups excluding carboxylic acids is 2. The number of amidine groups is 1. The first kappa shape index (κ1) is 20.9. The molecule has 160 valence electrons. The van der Waals surface area contributed by atoms with E-state index in [-0.39, 0.29) is 18.2 Å². The Kier molecular flexibility index (Phi) is 5.81. The van der Waals surface area contributed by atoms with Gasteiger partial charge in [0.2, 0.25) is 11.8 Å². The van der Waals surface area contributed by atoms with E-state index in [9.17, 15) is 9.59 Å². The molecule has 0 radical (unpaired) electrons. The Morgan fingerprint density at radius 2 is 1.94 bits per heavy atom. The van der Waals surface area contributed by atoms with Crippen LogP contribution in [-0.4, -0.2) is 32.1 Å². The van der Waals surface area contributed by atoms with Gasteiger partial charge in [-0.3, -0.25) is 18.9 Å². The molecule has 2 aromatic carbocycles. The number of imidazole rings is 1. The maximum atomic E-state index is 12.6. The van der Waals surface area contributed by atoms with Gasteiger partial charge >= 0.3 is 0 Å². The maximum absolute atomic E-state index is 12.6. The molecule has 0 unspecified atom stereocenters. The monoisotopic (exact) mass is 525 g/mol. The second-order valence-electron chi connectivity index (χ2n) is 6.97. The predicted molar refractivity (Wildman–Crippen MR) is 132 cm³/mol. The van der Waals surface area contributed by atoms with E-state index in [0.717, 1.165) is 32.1 Å². The molecule has 0 spiro atoms. The molecule has 0 aliphatic carbocycles. The first-order valence-corrected chi connectivity index (χ1v) is 12.3. The molecule has 7 nitrogen and oxygen atoms in total. The van der Waals surface area contributed by atoms with Crippen molar-refractivity contribution in [1.82, 2.24) is 14.8 Å². The summed E-state index contributed by atoms with van der Waals surface area (Å²) in [5, 5.41) is 6.60. The van der Waals surface area contributed by atoms with Gasteiger partial charge in [-0.1, -0.05) is 58.0 Å². The molecule has 1 fully saturated rings. The summed E-state index contributed by atoms with van der Waals surface area (Å²) in [6.07, 6.45) is 2.09. The molecule has 32 heavy (non-hydrogen) atoms. The van der Waals surface area contributed by atoms with E-state index < -0.39 is 0 Å². The minimum Gasteiger partial charge on any atom is -0.294 e. The van der Waals surface area contributed by atoms with E-state index in [1.807, 2.05) is 70.6 Å². The molecule has 1 saturated heterocycles. The van der Waals surface area contributed by atoms with Crippen LogP contribution in [0.15, 0.2) is 75.7 Å². The van der Waals surface area contributed by atoms with Gasteiger partial charge in [0, 0.05) is 27.3 Å². The summed E-state index contributed by atoms with van der Waals surface area (Å²) in [7, 11) is 0. The Morgan fingerprint density at radius 1 is 1.16 bits per heavy atom. The standard InChI is InChI=1S/C22H16BrN5O2S2/c23-15-8-6-14(7-9-15)18-11-27-17(12-31-21(27)24-18)10-19(29)25-26-22-28(20(30)13-32-22)16-4-2-1-3-5-16/h1-9,11-12H,10,13H2,(H,25,29)/b26-22-. The minimum atomic E-state index is -0.260. The van der Waals surface area contributed by atoms with Gasteiger partial charge in [-0.2, -0.15) is 0 Å². The number of hydrogen-bond donors (Lipinski definition) is 1. The van der Waals surface area contributed by atoms with Gasteiger partial charge in [0.05, 0.1) is 23.6 Å². The molecular weight excluding hydrogens is 510 g/mol. The molecule has 10 heteroatoms. The summed E-state index contributed by atoms with van der Waals surface area (Å²) in [5.74, 6) is -0.0282. The molecule has 0 atom stereocenters. The lowest BCUT2D eigenvalue weighted by Gasteiger charge is -2.15. The number of aromatic nitrogens is 2. The van der Waals surface area contributed by atoms with Crippen LogP contribution in [0.4, 0.5) is 5.69 Å². The number of nitrogens with zero attached hydrogens (tertiary/aromatic N) is 4. The molecule has 1 aliphatic rings. The smallest absolute Gasteiger partial charge is 0.246 e. The summed E-state index contributed by atoms with van der Waals surface area (Å²) < 4.78 is 2.94. The fraction of sp³-hybridized carbons (Fsp3) is 0.0909. The van der Waals surface area contributed by atoms with Crippen molar-refractivity contribution in [2.24, 2.45) is 5.10 Å². The first-order chi connectivity index (χ1) is 15.6. The lowest BCUT2D eigenvalue weighted by atomic mass is 10.2. The van der Waals surface area contributed by atoms with Gasteiger partial charge in [0.25, 0.3) is 0 Å². The molecule has 0 bridgehead atoms. The van der Waals surface area contributed by atoms with Crippen molar-refractivity contribution in [3.63, 3.8) is 0 Å². The average molecular weight is 526 g/mol. The zero-order valence-corrected chi connectivity index (χ0v) is 19.8. The van der Waals surface area contributed by atoms with E-state index in [1.54, 1.807) is 0 Å². The number of benzene rings is 2. The minimum absolute atomic E-state index is 0.0624. The predicted octanol–water partition coefficient (Wildman–Crippen LogP) is 4.54. The molecule has 5 rings (SSSR count). The molecule has 2 aromatic heterocycles. The Labute approximate surface area is 200 Å². The van der Waals surface area contributed by atoms with E-state index in [2.05, 4.69) is 31.4 Å². The number of thiazole rings is 1. The second kappa shape index (κ2) is 8.89. The highest BCUT2D eigenvalue weighted by Gasteiger charge is 2.30. The normalized spacial score (nSPS) is 15.1. The van der Waals surface area contributed by atoms with E-state index in [4.69, 9.17) is 0 Å². The summed E-state index contributed by atoms with van der Waals surface area (Å²) in [4.78, 5) is 31.9. The number of nitrogens with one attached hydrogen (secondary N) is 1. The fourth-order valence-electron chi connectivity index (χ4n) is 3.31. The largest absolute Gasteiger partial charge is 0.294 e. The molecule has 0 saturated carbocycles. The van der Waals surface area contributed by atoms with Crippen LogP contribution in [0.3, 0.4) is 0 Å². The number of rotatable bonds is 5. The Hall–Kier alpha value is -2.95. The topological polar surface area (TPSA) is 79.1 Å². The van der Waals surface area contributed by atoms with Gasteiger partial charge in [-0.05, 0) is 24.3 Å². The lowest BCUT2D eigenvalue weighted by molar-refractivity contribution is -0.120. The van der Waals surface area contributed by atoms with Crippen LogP contribution in [-0.2, 0) is 16.0 Å². The van der Waals surface area contributed by atoms with Gasteiger partial charge in [0.1, 0.15) is 0 Å². The molecule has 3 heterocycles. The van der Waals surface area contributed by atoms with Crippen molar-refractivity contribution in [3.8, 4) is 11.3 Å². The molecular formula is C22H16BrN5O2S2. The van der Waals surface area contributed by atoms with E-state index in [1.165, 1.54) is 28.0 Å². The molecule has 1 aliphatic heterocycles. The SMILES string of the molecule is O=C(Cc1csc2nc(-c3ccc(Br)cc3)cn12)N/N=C1\SCC(=O)N1c1ccccc1. The number of thioether (sulfide) groups is 1. The lowest BCUT2D eigenvalue weighted by Crippen LogP contribution is -2.31. The van der Waals surface area contributed by atoms with Crippen molar-refractivity contribution >= 4 is 66.7 Å². The number of amides is 2. The van der Waals surface area contributed by atoms with Gasteiger partial charge in [0.15, 0.2) is 10.1 Å². The summed E-state index contributed by atoms with van der Waals surface area (Å²) >= 11 is 6.23. The van der Waals surface area contributed by atoms with Crippen LogP contribution >= 0.6 is 39.0 Å². The zero-order chi connectivity index (χ0) is 22.1. The van der Waals surface area contributed by atoms with Crippen molar-refractivity contribution < 1.29 is 9.59 Å². The van der Waals surface area contributed by atoms with E-state index >= 15 is 0 Å². The van der Waals surface area contributed by atoms with Crippen molar-refractivity contribution in [3.05, 3.63) is 76.3 Å². The maximum Gasteiger partial charge on any atom is 0.246 e. The van der Waals surface area contributed by atoms with Gasteiger partial charge in [-0.15, -0.1) is 16.4 Å². The third kappa shape index (κ3) is 4.21. The highest BCUT2D eigenvalue weighted by molar-refractivity contribution is 9.10. The molecule has 4 aromatic rings. The van der Waals surface area contributed by atoms with Crippen LogP contribution in [0.5, 0.6) is 0 Å². The Morgan fingerprint density at radius 3 is 2.72 bits per heavy atom. The second-order valence-corrected chi connectivity index (χ2v) is 9.67. The number of carbonyl (C=O) groups is 2. The van der Waals surface area contributed by atoms with Gasteiger partial charge < -0.3 is 0 Å². The summed E-state index contributed by atoms with van der Waals surface area (Å²) in [5.41, 5.74) is 6.01. The number of hydrazone groups is 1. The van der Waals surface area contributed by atoms with Crippen molar-refractivity contribution in [1.29, 1.82) is 0 Å². The molecule has 1 N–H and O–H groups in total.